The number of benzene rings is 2. The highest BCUT2D eigenvalue weighted by molar-refractivity contribution is 5.99. The van der Waals surface area contributed by atoms with E-state index in [1.54, 1.807) is 41.3 Å². The number of nitrogens with zero attached hydrogens (tertiary/aromatic N) is 2. The van der Waals surface area contributed by atoms with Gasteiger partial charge in [0.1, 0.15) is 5.75 Å². The van der Waals surface area contributed by atoms with Crippen molar-refractivity contribution in [3.8, 4) is 5.75 Å². The molecule has 2 aromatic carbocycles. The van der Waals surface area contributed by atoms with Gasteiger partial charge in [0.25, 0.3) is 11.6 Å². The van der Waals surface area contributed by atoms with Gasteiger partial charge >= 0.3 is 0 Å². The van der Waals surface area contributed by atoms with Gasteiger partial charge in [0.2, 0.25) is 5.91 Å². The van der Waals surface area contributed by atoms with Crippen LogP contribution in [0.5, 0.6) is 5.75 Å². The summed E-state index contributed by atoms with van der Waals surface area (Å²) in [5, 5.41) is 14.0. The van der Waals surface area contributed by atoms with Gasteiger partial charge in [0.15, 0.2) is 6.61 Å². The molecule has 0 unspecified atom stereocenters. The number of nitro groups is 1. The number of morpholine rings is 1. The van der Waals surface area contributed by atoms with Crippen LogP contribution in [0.4, 0.5) is 11.4 Å². The largest absolute Gasteiger partial charge is 0.484 e. The third-order valence-electron chi connectivity index (χ3n) is 6.61. The van der Waals surface area contributed by atoms with E-state index in [0.717, 1.165) is 24.8 Å². The van der Waals surface area contributed by atoms with Gasteiger partial charge in [-0.05, 0) is 42.7 Å². The number of rotatable bonds is 7. The maximum atomic E-state index is 13.4. The minimum absolute atomic E-state index is 0.0119. The number of nitrogens with one attached hydrogen (secondary N) is 1. The summed E-state index contributed by atoms with van der Waals surface area (Å²) < 4.78 is 10.9. The van der Waals surface area contributed by atoms with Crippen LogP contribution in [-0.4, -0.2) is 54.5 Å². The van der Waals surface area contributed by atoms with Crippen LogP contribution in [0.25, 0.3) is 0 Å². The molecule has 0 bridgehead atoms. The summed E-state index contributed by atoms with van der Waals surface area (Å²) in [6, 6.07) is 13.3. The summed E-state index contributed by atoms with van der Waals surface area (Å²) in [6.07, 6.45) is 4.31. The van der Waals surface area contributed by atoms with Crippen molar-refractivity contribution in [1.29, 1.82) is 0 Å². The van der Waals surface area contributed by atoms with Crippen molar-refractivity contribution >= 4 is 23.2 Å². The lowest BCUT2D eigenvalue weighted by molar-refractivity contribution is -0.384. The third-order valence-corrected chi connectivity index (χ3v) is 6.61. The Morgan fingerprint density at radius 3 is 2.26 bits per heavy atom. The second-order valence-electron chi connectivity index (χ2n) is 8.71. The van der Waals surface area contributed by atoms with Gasteiger partial charge < -0.3 is 19.7 Å². The minimum atomic E-state index is -0.715. The lowest BCUT2D eigenvalue weighted by atomic mass is 9.68. The predicted molar refractivity (Wildman–Crippen MR) is 126 cm³/mol. The molecule has 0 spiro atoms. The number of non-ortho nitro benzene ring substituents is 1. The van der Waals surface area contributed by atoms with E-state index in [1.807, 2.05) is 0 Å². The Bertz CT molecular complexity index is 1010. The van der Waals surface area contributed by atoms with E-state index in [4.69, 9.17) is 9.47 Å². The van der Waals surface area contributed by atoms with Gasteiger partial charge in [-0.2, -0.15) is 0 Å². The molecule has 1 saturated carbocycles. The minimum Gasteiger partial charge on any atom is -0.484 e. The molecule has 2 amide bonds. The fourth-order valence-corrected chi connectivity index (χ4v) is 4.64. The third kappa shape index (κ3) is 5.36. The first-order valence-electron chi connectivity index (χ1n) is 11.6. The Balaban J connectivity index is 1.40. The zero-order valence-electron chi connectivity index (χ0n) is 19.0. The van der Waals surface area contributed by atoms with Crippen molar-refractivity contribution in [3.63, 3.8) is 0 Å². The second-order valence-corrected chi connectivity index (χ2v) is 8.71. The van der Waals surface area contributed by atoms with Crippen LogP contribution < -0.4 is 10.1 Å². The first-order valence-corrected chi connectivity index (χ1v) is 11.6. The molecule has 0 radical (unpaired) electrons. The Hall–Kier alpha value is -3.46. The second kappa shape index (κ2) is 10.6. The van der Waals surface area contributed by atoms with E-state index in [-0.39, 0.29) is 24.1 Å². The molecule has 9 nitrogen and oxygen atoms in total. The molecule has 1 aliphatic carbocycles. The van der Waals surface area contributed by atoms with Crippen LogP contribution in [0.1, 0.15) is 37.7 Å². The van der Waals surface area contributed by atoms with Crippen molar-refractivity contribution < 1.29 is 24.0 Å². The number of hydrogen-bond acceptors (Lipinski definition) is 6. The van der Waals surface area contributed by atoms with Crippen LogP contribution >= 0.6 is 0 Å². The molecule has 9 heteroatoms. The maximum Gasteiger partial charge on any atom is 0.269 e. The van der Waals surface area contributed by atoms with Crippen LogP contribution in [0, 0.1) is 10.1 Å². The summed E-state index contributed by atoms with van der Waals surface area (Å²) in [7, 11) is 0. The molecular weight excluding hydrogens is 438 g/mol. The van der Waals surface area contributed by atoms with Gasteiger partial charge in [0, 0.05) is 30.9 Å². The van der Waals surface area contributed by atoms with Crippen LogP contribution in [0.15, 0.2) is 48.5 Å². The van der Waals surface area contributed by atoms with Crippen LogP contribution in [-0.2, 0) is 19.7 Å². The van der Waals surface area contributed by atoms with Gasteiger partial charge in [-0.3, -0.25) is 19.7 Å². The highest BCUT2D eigenvalue weighted by Crippen LogP contribution is 2.41. The standard InChI is InChI=1S/C25H29N3O6/c29-23(27-14-16-33-17-15-27)18-34-22-10-6-20(7-11-22)26-24(30)25(12-2-1-3-13-25)19-4-8-21(9-5-19)28(31)32/h4-11H,1-3,12-18H2,(H,26,30). The molecule has 2 fully saturated rings. The van der Waals surface area contributed by atoms with Gasteiger partial charge in [-0.1, -0.05) is 31.4 Å². The number of nitro benzene ring substituents is 1. The summed E-state index contributed by atoms with van der Waals surface area (Å²) >= 11 is 0. The number of ether oxygens (including phenoxy) is 2. The smallest absolute Gasteiger partial charge is 0.269 e. The summed E-state index contributed by atoms with van der Waals surface area (Å²) in [5.41, 5.74) is 0.728. The summed E-state index contributed by atoms with van der Waals surface area (Å²) in [6.45, 7) is 2.19. The highest BCUT2D eigenvalue weighted by Gasteiger charge is 2.41. The van der Waals surface area contributed by atoms with E-state index in [1.165, 1.54) is 12.1 Å². The van der Waals surface area contributed by atoms with E-state index in [9.17, 15) is 19.7 Å². The SMILES string of the molecule is O=C(COc1ccc(NC(=O)C2(c3ccc([N+](=O)[O-])cc3)CCCCC2)cc1)N1CCOCC1. The summed E-state index contributed by atoms with van der Waals surface area (Å²) in [4.78, 5) is 38.0. The molecule has 1 saturated heterocycles. The molecule has 2 aliphatic rings. The molecule has 1 aliphatic heterocycles. The zero-order chi connectivity index (χ0) is 24.0. The molecule has 2 aromatic rings. The fraction of sp³-hybridized carbons (Fsp3) is 0.440. The highest BCUT2D eigenvalue weighted by atomic mass is 16.6. The zero-order valence-corrected chi connectivity index (χ0v) is 19.0. The summed E-state index contributed by atoms with van der Waals surface area (Å²) in [5.74, 6) is 0.350. The number of carbonyl (C=O) groups excluding carboxylic acids is 2. The van der Waals surface area contributed by atoms with Crippen molar-refractivity contribution in [3.05, 3.63) is 64.2 Å². The molecule has 1 N–H and O–H groups in total. The first kappa shape index (κ1) is 23.7. The Labute approximate surface area is 198 Å². The average molecular weight is 468 g/mol. The monoisotopic (exact) mass is 467 g/mol. The number of anilines is 1. The van der Waals surface area contributed by atoms with Crippen LogP contribution in [0.3, 0.4) is 0 Å². The molecule has 0 aromatic heterocycles. The molecular formula is C25H29N3O6. The molecule has 34 heavy (non-hydrogen) atoms. The lowest BCUT2D eigenvalue weighted by Crippen LogP contribution is -2.43. The topological polar surface area (TPSA) is 111 Å². The van der Waals surface area contributed by atoms with Gasteiger partial charge in [-0.25, -0.2) is 0 Å². The number of amides is 2. The Morgan fingerprint density at radius 2 is 1.65 bits per heavy atom. The van der Waals surface area contributed by atoms with E-state index in [0.29, 0.717) is 50.6 Å². The quantitative estimate of drug-likeness (QED) is 0.491. The molecule has 0 atom stereocenters. The Kier molecular flexibility index (Phi) is 7.42. The van der Waals surface area contributed by atoms with Crippen molar-refractivity contribution in [2.24, 2.45) is 0 Å². The van der Waals surface area contributed by atoms with E-state index in [2.05, 4.69) is 5.32 Å². The Morgan fingerprint density at radius 1 is 1.00 bits per heavy atom. The normalized spacial score (nSPS) is 17.6. The number of hydrogen-bond donors (Lipinski definition) is 1. The molecule has 4 rings (SSSR count). The van der Waals surface area contributed by atoms with Crippen molar-refractivity contribution in [2.45, 2.75) is 37.5 Å². The van der Waals surface area contributed by atoms with Crippen LogP contribution in [0.2, 0.25) is 0 Å². The average Bonchev–Trinajstić information content (AvgIpc) is 2.89. The van der Waals surface area contributed by atoms with Gasteiger partial charge in [-0.15, -0.1) is 0 Å². The van der Waals surface area contributed by atoms with E-state index < -0.39 is 10.3 Å². The lowest BCUT2D eigenvalue weighted by Gasteiger charge is -2.36. The van der Waals surface area contributed by atoms with Crippen molar-refractivity contribution in [2.75, 3.05) is 38.2 Å². The fourth-order valence-electron chi connectivity index (χ4n) is 4.64. The molecule has 180 valence electrons. The maximum absolute atomic E-state index is 13.4. The van der Waals surface area contributed by atoms with Crippen molar-refractivity contribution in [1.82, 2.24) is 4.90 Å². The predicted octanol–water partition coefficient (Wildman–Crippen LogP) is 3.67. The molecule has 1 heterocycles. The van der Waals surface area contributed by atoms with E-state index >= 15 is 0 Å². The number of carbonyl (C=O) groups is 2. The van der Waals surface area contributed by atoms with Gasteiger partial charge in [0.05, 0.1) is 23.6 Å². The first-order chi connectivity index (χ1) is 16.5.